The standard InChI is InChI=1S/C13H17BrN4OS/c1-7(2)11-10(15)12(18-17-11)13(19)16-6-5-8-3-4-9(14)20-8/h3-4,7H,5-6,15H2,1-2H3,(H,16,19)(H,17,18). The van der Waals surface area contributed by atoms with E-state index >= 15 is 0 Å². The van der Waals surface area contributed by atoms with Gasteiger partial charge in [-0.2, -0.15) is 5.10 Å². The van der Waals surface area contributed by atoms with E-state index in [2.05, 4.69) is 31.4 Å². The Kier molecular flexibility index (Phi) is 4.82. The molecule has 0 saturated heterocycles. The Hall–Kier alpha value is -1.34. The van der Waals surface area contributed by atoms with Crippen molar-refractivity contribution in [1.29, 1.82) is 0 Å². The number of hydrogen-bond donors (Lipinski definition) is 3. The summed E-state index contributed by atoms with van der Waals surface area (Å²) in [5.74, 6) is -0.0196. The first-order valence-electron chi connectivity index (χ1n) is 6.35. The molecule has 5 nitrogen and oxygen atoms in total. The molecule has 108 valence electrons. The Morgan fingerprint density at radius 2 is 2.30 bits per heavy atom. The molecule has 0 unspecified atom stereocenters. The molecule has 20 heavy (non-hydrogen) atoms. The van der Waals surface area contributed by atoms with Crippen molar-refractivity contribution >= 4 is 38.9 Å². The van der Waals surface area contributed by atoms with Crippen LogP contribution < -0.4 is 11.1 Å². The van der Waals surface area contributed by atoms with E-state index in [-0.39, 0.29) is 17.5 Å². The molecule has 0 aliphatic carbocycles. The fourth-order valence-electron chi connectivity index (χ4n) is 1.85. The van der Waals surface area contributed by atoms with E-state index in [0.717, 1.165) is 15.9 Å². The zero-order chi connectivity index (χ0) is 14.7. The van der Waals surface area contributed by atoms with Gasteiger partial charge < -0.3 is 11.1 Å². The van der Waals surface area contributed by atoms with Gasteiger partial charge in [-0.05, 0) is 40.4 Å². The summed E-state index contributed by atoms with van der Waals surface area (Å²) in [6.45, 7) is 4.56. The van der Waals surface area contributed by atoms with Crippen LogP contribution in [0.15, 0.2) is 15.9 Å². The summed E-state index contributed by atoms with van der Waals surface area (Å²) in [5, 5.41) is 9.67. The van der Waals surface area contributed by atoms with Crippen LogP contribution in [-0.4, -0.2) is 22.6 Å². The van der Waals surface area contributed by atoms with Gasteiger partial charge in [0.05, 0.1) is 15.2 Å². The van der Waals surface area contributed by atoms with Crippen molar-refractivity contribution in [2.45, 2.75) is 26.2 Å². The number of aromatic amines is 1. The number of rotatable bonds is 5. The van der Waals surface area contributed by atoms with Crippen molar-refractivity contribution in [2.24, 2.45) is 0 Å². The summed E-state index contributed by atoms with van der Waals surface area (Å²) in [4.78, 5) is 13.2. The number of anilines is 1. The smallest absolute Gasteiger partial charge is 0.273 e. The molecule has 0 saturated carbocycles. The summed E-state index contributed by atoms with van der Waals surface area (Å²) in [6, 6.07) is 4.04. The number of H-pyrrole nitrogens is 1. The zero-order valence-corrected chi connectivity index (χ0v) is 13.8. The van der Waals surface area contributed by atoms with Gasteiger partial charge in [-0.25, -0.2) is 0 Å². The van der Waals surface area contributed by atoms with Crippen LogP contribution in [0.3, 0.4) is 0 Å². The Morgan fingerprint density at radius 3 is 2.85 bits per heavy atom. The second-order valence-electron chi connectivity index (χ2n) is 4.77. The highest BCUT2D eigenvalue weighted by Crippen LogP contribution is 2.23. The third-order valence-corrected chi connectivity index (χ3v) is 4.60. The third kappa shape index (κ3) is 3.40. The molecule has 4 N–H and O–H groups in total. The van der Waals surface area contributed by atoms with E-state index in [1.54, 1.807) is 11.3 Å². The van der Waals surface area contributed by atoms with Crippen LogP contribution in [0.5, 0.6) is 0 Å². The number of aromatic nitrogens is 2. The van der Waals surface area contributed by atoms with Crippen LogP contribution in [0.2, 0.25) is 0 Å². The normalized spacial score (nSPS) is 11.0. The molecule has 0 atom stereocenters. The lowest BCUT2D eigenvalue weighted by Gasteiger charge is -2.04. The van der Waals surface area contributed by atoms with Crippen LogP contribution in [-0.2, 0) is 6.42 Å². The highest BCUT2D eigenvalue weighted by molar-refractivity contribution is 9.11. The summed E-state index contributed by atoms with van der Waals surface area (Å²) >= 11 is 5.08. The van der Waals surface area contributed by atoms with Crippen molar-refractivity contribution in [1.82, 2.24) is 15.5 Å². The predicted molar refractivity (Wildman–Crippen MR) is 85.1 cm³/mol. The zero-order valence-electron chi connectivity index (χ0n) is 11.4. The topological polar surface area (TPSA) is 83.8 Å². The van der Waals surface area contributed by atoms with Gasteiger partial charge in [0.15, 0.2) is 5.69 Å². The van der Waals surface area contributed by atoms with Crippen molar-refractivity contribution in [3.63, 3.8) is 0 Å². The maximum absolute atomic E-state index is 12.0. The van der Waals surface area contributed by atoms with E-state index in [4.69, 9.17) is 5.73 Å². The van der Waals surface area contributed by atoms with Crippen LogP contribution >= 0.6 is 27.3 Å². The van der Waals surface area contributed by atoms with Gasteiger partial charge in [-0.1, -0.05) is 13.8 Å². The molecule has 2 aromatic heterocycles. The van der Waals surface area contributed by atoms with Crippen molar-refractivity contribution in [3.05, 3.63) is 32.2 Å². The van der Waals surface area contributed by atoms with E-state index in [0.29, 0.717) is 12.2 Å². The first kappa shape index (κ1) is 15.1. The summed E-state index contributed by atoms with van der Waals surface area (Å²) in [6.07, 6.45) is 0.795. The minimum atomic E-state index is -0.235. The molecular formula is C13H17BrN4OS. The molecule has 0 spiro atoms. The largest absolute Gasteiger partial charge is 0.395 e. The molecule has 1 amide bonds. The molecule has 0 aliphatic heterocycles. The van der Waals surface area contributed by atoms with Gasteiger partial charge in [-0.3, -0.25) is 9.89 Å². The van der Waals surface area contributed by atoms with E-state index in [9.17, 15) is 4.79 Å². The minimum absolute atomic E-state index is 0.215. The van der Waals surface area contributed by atoms with Gasteiger partial charge in [0.2, 0.25) is 0 Å². The molecule has 0 fully saturated rings. The number of carbonyl (C=O) groups is 1. The molecule has 2 rings (SSSR count). The lowest BCUT2D eigenvalue weighted by atomic mass is 10.1. The number of carbonyl (C=O) groups excluding carboxylic acids is 1. The predicted octanol–water partition coefficient (Wildman–Crippen LogP) is 2.91. The average molecular weight is 357 g/mol. The van der Waals surface area contributed by atoms with Crippen LogP contribution in [0.1, 0.15) is 40.8 Å². The monoisotopic (exact) mass is 356 g/mol. The molecular weight excluding hydrogens is 340 g/mol. The first-order chi connectivity index (χ1) is 9.49. The Labute approximate surface area is 130 Å². The molecule has 0 bridgehead atoms. The van der Waals surface area contributed by atoms with Gasteiger partial charge in [-0.15, -0.1) is 11.3 Å². The lowest BCUT2D eigenvalue weighted by molar-refractivity contribution is 0.0950. The summed E-state index contributed by atoms with van der Waals surface area (Å²) in [5.41, 5.74) is 7.46. The van der Waals surface area contributed by atoms with E-state index in [1.165, 1.54) is 4.88 Å². The number of nitrogens with two attached hydrogens (primary N) is 1. The van der Waals surface area contributed by atoms with E-state index in [1.807, 2.05) is 26.0 Å². The molecule has 0 radical (unpaired) electrons. The van der Waals surface area contributed by atoms with Gasteiger partial charge in [0.25, 0.3) is 5.91 Å². The highest BCUT2D eigenvalue weighted by atomic mass is 79.9. The minimum Gasteiger partial charge on any atom is -0.395 e. The maximum atomic E-state index is 12.0. The van der Waals surface area contributed by atoms with Gasteiger partial charge >= 0.3 is 0 Å². The number of thiophene rings is 1. The summed E-state index contributed by atoms with van der Waals surface area (Å²) in [7, 11) is 0. The van der Waals surface area contributed by atoms with Gasteiger partial charge in [0, 0.05) is 11.4 Å². The van der Waals surface area contributed by atoms with Crippen molar-refractivity contribution < 1.29 is 4.79 Å². The second kappa shape index (κ2) is 6.41. The fourth-order valence-corrected chi connectivity index (χ4v) is 3.33. The average Bonchev–Trinajstić information content (AvgIpc) is 2.95. The van der Waals surface area contributed by atoms with Crippen LogP contribution in [0.25, 0.3) is 0 Å². The number of amides is 1. The van der Waals surface area contributed by atoms with Gasteiger partial charge in [0.1, 0.15) is 0 Å². The SMILES string of the molecule is CC(C)c1[nH]nc(C(=O)NCCc2ccc(Br)s2)c1N. The Bertz CT molecular complexity index is 605. The fraction of sp³-hybridized carbons (Fsp3) is 0.385. The lowest BCUT2D eigenvalue weighted by Crippen LogP contribution is -2.26. The molecule has 7 heteroatoms. The molecule has 2 aromatic rings. The molecule has 0 aliphatic rings. The van der Waals surface area contributed by atoms with Crippen molar-refractivity contribution in [3.8, 4) is 0 Å². The molecule has 0 aromatic carbocycles. The quantitative estimate of drug-likeness (QED) is 0.769. The number of nitrogens with one attached hydrogen (secondary N) is 2. The first-order valence-corrected chi connectivity index (χ1v) is 7.96. The van der Waals surface area contributed by atoms with Crippen LogP contribution in [0.4, 0.5) is 5.69 Å². The Balaban J connectivity index is 1.92. The third-order valence-electron chi connectivity index (χ3n) is 2.91. The second-order valence-corrected chi connectivity index (χ2v) is 7.31. The summed E-state index contributed by atoms with van der Waals surface area (Å²) < 4.78 is 1.09. The van der Waals surface area contributed by atoms with Crippen LogP contribution in [0, 0.1) is 0 Å². The Morgan fingerprint density at radius 1 is 1.55 bits per heavy atom. The highest BCUT2D eigenvalue weighted by Gasteiger charge is 2.18. The number of nitrogens with zero attached hydrogens (tertiary/aromatic N) is 1. The number of halogens is 1. The maximum Gasteiger partial charge on any atom is 0.273 e. The number of hydrogen-bond acceptors (Lipinski definition) is 4. The van der Waals surface area contributed by atoms with E-state index < -0.39 is 0 Å². The molecule has 2 heterocycles. The van der Waals surface area contributed by atoms with Crippen molar-refractivity contribution in [2.75, 3.05) is 12.3 Å². The number of nitrogen functional groups attached to an aromatic ring is 1.